The zero-order valence-corrected chi connectivity index (χ0v) is 15.0. The van der Waals surface area contributed by atoms with Crippen LogP contribution in [0.5, 0.6) is 5.75 Å². The first-order chi connectivity index (χ1) is 12.1. The number of Topliss-reactive ketones (excluding diaryl/α,β-unsaturated/α-hetero) is 2. The van der Waals surface area contributed by atoms with Crippen molar-refractivity contribution in [1.82, 2.24) is 0 Å². The van der Waals surface area contributed by atoms with Gasteiger partial charge in [-0.25, -0.2) is 0 Å². The first-order valence-corrected chi connectivity index (χ1v) is 9.02. The van der Waals surface area contributed by atoms with Crippen LogP contribution in [0.1, 0.15) is 77.8 Å². The first-order valence-electron chi connectivity index (χ1n) is 9.02. The topological polar surface area (TPSA) is 43.4 Å². The molecular formula is C22H24O3. The first kappa shape index (κ1) is 17.4. The molecule has 0 amide bonds. The summed E-state index contributed by atoms with van der Waals surface area (Å²) in [6.07, 6.45) is 1.61. The van der Waals surface area contributed by atoms with Gasteiger partial charge in [-0.05, 0) is 31.0 Å². The van der Waals surface area contributed by atoms with Crippen molar-refractivity contribution in [2.45, 2.75) is 52.1 Å². The maximum absolute atomic E-state index is 12.5. The molecule has 0 spiro atoms. The zero-order chi connectivity index (χ0) is 18.0. The van der Waals surface area contributed by atoms with E-state index in [1.165, 1.54) is 0 Å². The smallest absolute Gasteiger partial charge is 0.166 e. The highest BCUT2D eigenvalue weighted by atomic mass is 16.5. The number of benzene rings is 2. The van der Waals surface area contributed by atoms with E-state index >= 15 is 0 Å². The molecule has 0 radical (unpaired) electrons. The van der Waals surface area contributed by atoms with Crippen molar-refractivity contribution in [2.75, 3.05) is 0 Å². The predicted octanol–water partition coefficient (Wildman–Crippen LogP) is 5.17. The number of carbonyl (C=O) groups excluding carboxylic acids is 2. The number of ether oxygens (including phenoxy) is 1. The second-order valence-electron chi connectivity index (χ2n) is 6.60. The summed E-state index contributed by atoms with van der Waals surface area (Å²) in [4.78, 5) is 24.9. The Balaban J connectivity index is 2.16. The third-order valence-corrected chi connectivity index (χ3v) is 4.81. The van der Waals surface area contributed by atoms with Crippen molar-refractivity contribution in [3.8, 4) is 5.75 Å². The average Bonchev–Trinajstić information content (AvgIpc) is 2.96. The van der Waals surface area contributed by atoms with Crippen LogP contribution in [0.3, 0.4) is 0 Å². The van der Waals surface area contributed by atoms with E-state index in [4.69, 9.17) is 4.74 Å². The zero-order valence-electron chi connectivity index (χ0n) is 15.0. The number of rotatable bonds is 6. The van der Waals surface area contributed by atoms with Crippen LogP contribution in [-0.2, 0) is 0 Å². The fraction of sp³-hybridized carbons (Fsp3) is 0.364. The molecule has 3 heteroatoms. The predicted molar refractivity (Wildman–Crippen MR) is 98.7 cm³/mol. The Morgan fingerprint density at radius 1 is 1.04 bits per heavy atom. The lowest BCUT2D eigenvalue weighted by molar-refractivity contribution is 0.0981. The van der Waals surface area contributed by atoms with Gasteiger partial charge in [0.2, 0.25) is 0 Å². The maximum Gasteiger partial charge on any atom is 0.166 e. The molecule has 3 rings (SSSR count). The lowest BCUT2D eigenvalue weighted by atomic mass is 9.86. The van der Waals surface area contributed by atoms with E-state index in [9.17, 15) is 9.59 Å². The van der Waals surface area contributed by atoms with Crippen LogP contribution >= 0.6 is 0 Å². The summed E-state index contributed by atoms with van der Waals surface area (Å²) in [7, 11) is 0. The Morgan fingerprint density at radius 2 is 1.76 bits per heavy atom. The second-order valence-corrected chi connectivity index (χ2v) is 6.60. The molecule has 0 unspecified atom stereocenters. The monoisotopic (exact) mass is 336 g/mol. The van der Waals surface area contributed by atoms with Crippen molar-refractivity contribution in [3.63, 3.8) is 0 Å². The molecule has 2 aromatic carbocycles. The second kappa shape index (κ2) is 7.22. The van der Waals surface area contributed by atoms with Gasteiger partial charge in [0.25, 0.3) is 0 Å². The third-order valence-electron chi connectivity index (χ3n) is 4.81. The maximum atomic E-state index is 12.5. The molecular weight excluding hydrogens is 312 g/mol. The molecule has 1 aliphatic rings. The van der Waals surface area contributed by atoms with E-state index < -0.39 is 0 Å². The lowest BCUT2D eigenvalue weighted by Crippen LogP contribution is -2.15. The van der Waals surface area contributed by atoms with Crippen molar-refractivity contribution in [2.24, 2.45) is 0 Å². The van der Waals surface area contributed by atoms with Gasteiger partial charge in [-0.1, -0.05) is 44.2 Å². The van der Waals surface area contributed by atoms with E-state index in [2.05, 4.69) is 12.1 Å². The molecule has 0 bridgehead atoms. The van der Waals surface area contributed by atoms with Gasteiger partial charge in [-0.15, -0.1) is 0 Å². The van der Waals surface area contributed by atoms with Gasteiger partial charge in [0.1, 0.15) is 11.9 Å². The Bertz CT molecular complexity index is 792. The van der Waals surface area contributed by atoms with Gasteiger partial charge in [0, 0.05) is 29.9 Å². The Hall–Kier alpha value is -2.42. The molecule has 130 valence electrons. The summed E-state index contributed by atoms with van der Waals surface area (Å²) in [5, 5.41) is 0. The molecule has 0 aliphatic carbocycles. The molecule has 1 heterocycles. The van der Waals surface area contributed by atoms with Crippen molar-refractivity contribution in [3.05, 3.63) is 64.7 Å². The Kier molecular flexibility index (Phi) is 5.03. The molecule has 2 aromatic rings. The highest BCUT2D eigenvalue weighted by Gasteiger charge is 2.36. The Labute approximate surface area is 149 Å². The van der Waals surface area contributed by atoms with Crippen molar-refractivity contribution < 1.29 is 14.3 Å². The molecule has 0 fully saturated rings. The largest absolute Gasteiger partial charge is 0.489 e. The SMILES string of the molecule is CCCC(=O)c1cc(C(=O)CC)c2c(c1)[C@@H](c1ccccc1)[C@H](C)O2. The molecule has 25 heavy (non-hydrogen) atoms. The van der Waals surface area contributed by atoms with Crippen molar-refractivity contribution in [1.29, 1.82) is 0 Å². The highest BCUT2D eigenvalue weighted by Crippen LogP contribution is 2.45. The van der Waals surface area contributed by atoms with E-state index in [0.29, 0.717) is 29.7 Å². The van der Waals surface area contributed by atoms with Crippen LogP contribution in [0.2, 0.25) is 0 Å². The van der Waals surface area contributed by atoms with E-state index in [0.717, 1.165) is 17.5 Å². The highest BCUT2D eigenvalue weighted by molar-refractivity contribution is 6.04. The molecule has 0 aromatic heterocycles. The summed E-state index contributed by atoms with van der Waals surface area (Å²) in [5.74, 6) is 0.792. The fourth-order valence-corrected chi connectivity index (χ4v) is 3.56. The summed E-state index contributed by atoms with van der Waals surface area (Å²) >= 11 is 0. The van der Waals surface area contributed by atoms with Crippen LogP contribution < -0.4 is 4.74 Å². The van der Waals surface area contributed by atoms with Gasteiger partial charge in [-0.2, -0.15) is 0 Å². The standard InChI is InChI=1S/C22H24O3/c1-4-9-20(24)16-12-17(19(23)5-2)22-18(13-16)21(14(3)25-22)15-10-7-6-8-11-15/h6-8,10-14,21H,4-5,9H2,1-3H3/t14-,21+/m0/s1. The molecule has 0 N–H and O–H groups in total. The van der Waals surface area contributed by atoms with Gasteiger partial charge in [0.15, 0.2) is 11.6 Å². The molecule has 1 aliphatic heterocycles. The van der Waals surface area contributed by atoms with Crippen LogP contribution in [0.25, 0.3) is 0 Å². The van der Waals surface area contributed by atoms with E-state index in [1.807, 2.05) is 45.0 Å². The van der Waals surface area contributed by atoms with Crippen LogP contribution in [0.4, 0.5) is 0 Å². The van der Waals surface area contributed by atoms with Gasteiger partial charge < -0.3 is 4.74 Å². The normalized spacial score (nSPS) is 18.5. The van der Waals surface area contributed by atoms with Crippen LogP contribution in [0.15, 0.2) is 42.5 Å². The molecule has 2 atom stereocenters. The fourth-order valence-electron chi connectivity index (χ4n) is 3.56. The van der Waals surface area contributed by atoms with Gasteiger partial charge >= 0.3 is 0 Å². The number of fused-ring (bicyclic) bond motifs is 1. The van der Waals surface area contributed by atoms with Crippen LogP contribution in [-0.4, -0.2) is 17.7 Å². The number of hydrogen-bond donors (Lipinski definition) is 0. The number of carbonyl (C=O) groups is 2. The average molecular weight is 336 g/mol. The summed E-state index contributed by atoms with van der Waals surface area (Å²) in [6.45, 7) is 5.84. The number of ketones is 2. The minimum atomic E-state index is -0.0719. The summed E-state index contributed by atoms with van der Waals surface area (Å²) < 4.78 is 6.09. The minimum absolute atomic E-state index is 0.0170. The molecule has 0 saturated heterocycles. The van der Waals surface area contributed by atoms with E-state index in [-0.39, 0.29) is 23.6 Å². The van der Waals surface area contributed by atoms with Crippen LogP contribution in [0, 0.1) is 0 Å². The van der Waals surface area contributed by atoms with Gasteiger partial charge in [0.05, 0.1) is 5.56 Å². The third kappa shape index (κ3) is 3.23. The lowest BCUT2D eigenvalue weighted by Gasteiger charge is -2.15. The molecule has 0 saturated carbocycles. The molecule has 3 nitrogen and oxygen atoms in total. The minimum Gasteiger partial charge on any atom is -0.489 e. The number of hydrogen-bond acceptors (Lipinski definition) is 3. The van der Waals surface area contributed by atoms with E-state index in [1.54, 1.807) is 6.07 Å². The quantitative estimate of drug-likeness (QED) is 0.683. The Morgan fingerprint density at radius 3 is 2.40 bits per heavy atom. The van der Waals surface area contributed by atoms with Gasteiger partial charge in [-0.3, -0.25) is 9.59 Å². The summed E-state index contributed by atoms with van der Waals surface area (Å²) in [6, 6.07) is 13.8. The van der Waals surface area contributed by atoms with Crippen molar-refractivity contribution >= 4 is 11.6 Å². The summed E-state index contributed by atoms with van der Waals surface area (Å²) in [5.41, 5.74) is 3.27.